The fourth-order valence-electron chi connectivity index (χ4n) is 1.01. The van der Waals surface area contributed by atoms with Gasteiger partial charge in [0.25, 0.3) is 0 Å². The molecule has 0 unspecified atom stereocenters. The van der Waals surface area contributed by atoms with Crippen molar-refractivity contribution in [1.82, 2.24) is 15.1 Å². The maximum Gasteiger partial charge on any atom is 0.0534 e. The van der Waals surface area contributed by atoms with Crippen molar-refractivity contribution in [1.29, 1.82) is 0 Å². The second-order valence-electron chi connectivity index (χ2n) is 2.67. The van der Waals surface area contributed by atoms with Gasteiger partial charge in [0.1, 0.15) is 0 Å². The summed E-state index contributed by atoms with van der Waals surface area (Å²) in [5.74, 6) is 0. The third kappa shape index (κ3) is 2.64. The Hall–Kier alpha value is -0.870. The van der Waals surface area contributed by atoms with Crippen molar-refractivity contribution in [2.75, 3.05) is 13.1 Å². The van der Waals surface area contributed by atoms with E-state index in [9.17, 15) is 0 Å². The van der Waals surface area contributed by atoms with Crippen LogP contribution in [0.2, 0.25) is 0 Å². The highest BCUT2D eigenvalue weighted by Crippen LogP contribution is 1.95. The minimum Gasteiger partial charge on any atom is -0.329 e. The largest absolute Gasteiger partial charge is 0.329 e. The van der Waals surface area contributed by atoms with Crippen LogP contribution in [-0.2, 0) is 13.1 Å². The Morgan fingerprint density at radius 3 is 3.08 bits per heavy atom. The average molecular weight is 168 g/mol. The highest BCUT2D eigenvalue weighted by Gasteiger charge is 1.94. The van der Waals surface area contributed by atoms with Gasteiger partial charge in [-0.2, -0.15) is 5.10 Å². The first-order valence-corrected chi connectivity index (χ1v) is 4.29. The van der Waals surface area contributed by atoms with Crippen molar-refractivity contribution >= 4 is 0 Å². The molecule has 1 heterocycles. The van der Waals surface area contributed by atoms with Gasteiger partial charge in [-0.15, -0.1) is 0 Å². The minimum atomic E-state index is 0.682. The van der Waals surface area contributed by atoms with Gasteiger partial charge in [-0.1, -0.05) is 0 Å². The Morgan fingerprint density at radius 2 is 2.50 bits per heavy atom. The molecule has 0 saturated carbocycles. The van der Waals surface area contributed by atoms with E-state index >= 15 is 0 Å². The highest BCUT2D eigenvalue weighted by molar-refractivity contribution is 5.02. The lowest BCUT2D eigenvalue weighted by Gasteiger charge is -1.98. The Balaban J connectivity index is 2.31. The number of nitrogens with two attached hydrogens (primary N) is 1. The van der Waals surface area contributed by atoms with Crippen molar-refractivity contribution in [3.8, 4) is 0 Å². The van der Waals surface area contributed by atoms with Crippen LogP contribution >= 0.6 is 0 Å². The fraction of sp³-hybridized carbons (Fsp3) is 0.625. The summed E-state index contributed by atoms with van der Waals surface area (Å²) in [6, 6.07) is 0. The molecule has 1 aromatic heterocycles. The lowest BCUT2D eigenvalue weighted by Crippen LogP contribution is -2.21. The smallest absolute Gasteiger partial charge is 0.0534 e. The van der Waals surface area contributed by atoms with Gasteiger partial charge in [0.2, 0.25) is 0 Å². The molecular formula is C8H16N4. The predicted molar refractivity (Wildman–Crippen MR) is 48.7 cm³/mol. The molecule has 4 nitrogen and oxygen atoms in total. The number of aromatic nitrogens is 2. The lowest BCUT2D eigenvalue weighted by atomic mass is 10.3. The quantitative estimate of drug-likeness (QED) is 0.606. The van der Waals surface area contributed by atoms with Gasteiger partial charge in [0.05, 0.1) is 6.20 Å². The van der Waals surface area contributed by atoms with E-state index in [0.717, 1.165) is 19.6 Å². The second-order valence-corrected chi connectivity index (χ2v) is 2.67. The molecule has 0 amide bonds. The molecule has 3 N–H and O–H groups in total. The zero-order valence-corrected chi connectivity index (χ0v) is 7.45. The molecule has 1 aromatic rings. The predicted octanol–water partition coefficient (Wildman–Crippen LogP) is -0.0487. The Kier molecular flexibility index (Phi) is 3.76. The molecule has 0 aromatic carbocycles. The monoisotopic (exact) mass is 168 g/mol. The third-order valence-electron chi connectivity index (χ3n) is 1.66. The topological polar surface area (TPSA) is 55.9 Å². The lowest BCUT2D eigenvalue weighted by molar-refractivity contribution is 0.656. The summed E-state index contributed by atoms with van der Waals surface area (Å²) in [6.07, 6.45) is 3.93. The molecule has 0 bridgehead atoms. The molecule has 0 spiro atoms. The van der Waals surface area contributed by atoms with Crippen LogP contribution < -0.4 is 11.1 Å². The van der Waals surface area contributed by atoms with Gasteiger partial charge in [-0.05, 0) is 6.92 Å². The molecule has 0 radical (unpaired) electrons. The minimum absolute atomic E-state index is 0.682. The first-order chi connectivity index (χ1) is 5.86. The summed E-state index contributed by atoms with van der Waals surface area (Å²) in [5.41, 5.74) is 6.55. The van der Waals surface area contributed by atoms with E-state index in [1.807, 2.05) is 17.1 Å². The summed E-state index contributed by atoms with van der Waals surface area (Å²) in [4.78, 5) is 0. The summed E-state index contributed by atoms with van der Waals surface area (Å²) in [6.45, 7) is 5.40. The van der Waals surface area contributed by atoms with Crippen molar-refractivity contribution in [3.05, 3.63) is 18.0 Å². The SMILES string of the molecule is CCn1cc(CNCCN)cn1. The van der Waals surface area contributed by atoms with Gasteiger partial charge in [-0.3, -0.25) is 4.68 Å². The number of nitrogens with zero attached hydrogens (tertiary/aromatic N) is 2. The van der Waals surface area contributed by atoms with Crippen LogP contribution in [-0.4, -0.2) is 22.9 Å². The van der Waals surface area contributed by atoms with Crippen molar-refractivity contribution in [2.45, 2.75) is 20.0 Å². The number of hydrogen-bond acceptors (Lipinski definition) is 3. The van der Waals surface area contributed by atoms with Crippen LogP contribution in [0.5, 0.6) is 0 Å². The van der Waals surface area contributed by atoms with Gasteiger partial charge in [0, 0.05) is 37.9 Å². The number of rotatable bonds is 5. The van der Waals surface area contributed by atoms with Crippen molar-refractivity contribution in [3.63, 3.8) is 0 Å². The van der Waals surface area contributed by atoms with E-state index < -0.39 is 0 Å². The van der Waals surface area contributed by atoms with Crippen LogP contribution in [0.1, 0.15) is 12.5 Å². The number of hydrogen-bond donors (Lipinski definition) is 2. The summed E-state index contributed by atoms with van der Waals surface area (Å²) in [7, 11) is 0. The van der Waals surface area contributed by atoms with Gasteiger partial charge in [0.15, 0.2) is 0 Å². The molecule has 1 rings (SSSR count). The molecule has 68 valence electrons. The highest BCUT2D eigenvalue weighted by atomic mass is 15.3. The summed E-state index contributed by atoms with van der Waals surface area (Å²) in [5, 5.41) is 7.37. The number of aryl methyl sites for hydroxylation is 1. The van der Waals surface area contributed by atoms with E-state index in [-0.39, 0.29) is 0 Å². The standard InChI is InChI=1S/C8H16N4/c1-2-12-7-8(6-11-12)5-10-4-3-9/h6-7,10H,2-5,9H2,1H3. The van der Waals surface area contributed by atoms with Crippen molar-refractivity contribution < 1.29 is 0 Å². The van der Waals surface area contributed by atoms with E-state index in [1.54, 1.807) is 0 Å². The van der Waals surface area contributed by atoms with Gasteiger partial charge < -0.3 is 11.1 Å². The first-order valence-electron chi connectivity index (χ1n) is 4.29. The van der Waals surface area contributed by atoms with Gasteiger partial charge >= 0.3 is 0 Å². The van der Waals surface area contributed by atoms with Gasteiger partial charge in [-0.25, -0.2) is 0 Å². The fourth-order valence-corrected chi connectivity index (χ4v) is 1.01. The molecule has 0 atom stereocenters. The molecule has 0 aliphatic rings. The maximum absolute atomic E-state index is 5.34. The summed E-state index contributed by atoms with van der Waals surface area (Å²) < 4.78 is 1.92. The Bertz CT molecular complexity index is 219. The summed E-state index contributed by atoms with van der Waals surface area (Å²) >= 11 is 0. The van der Waals surface area contributed by atoms with Crippen LogP contribution in [0.4, 0.5) is 0 Å². The van der Waals surface area contributed by atoms with Crippen LogP contribution in [0.25, 0.3) is 0 Å². The number of nitrogens with one attached hydrogen (secondary N) is 1. The normalized spacial score (nSPS) is 10.5. The Labute approximate surface area is 72.8 Å². The molecule has 0 aliphatic carbocycles. The van der Waals surface area contributed by atoms with Crippen LogP contribution in [0.3, 0.4) is 0 Å². The molecule has 0 fully saturated rings. The van der Waals surface area contributed by atoms with E-state index in [2.05, 4.69) is 17.3 Å². The molecule has 12 heavy (non-hydrogen) atoms. The van der Waals surface area contributed by atoms with E-state index in [1.165, 1.54) is 5.56 Å². The van der Waals surface area contributed by atoms with E-state index in [0.29, 0.717) is 6.54 Å². The molecule has 4 heteroatoms. The maximum atomic E-state index is 5.34. The van der Waals surface area contributed by atoms with Crippen LogP contribution in [0, 0.1) is 0 Å². The molecule has 0 saturated heterocycles. The average Bonchev–Trinajstić information content (AvgIpc) is 2.53. The zero-order valence-electron chi connectivity index (χ0n) is 7.45. The first kappa shape index (κ1) is 9.22. The second kappa shape index (κ2) is 4.90. The molecule has 0 aliphatic heterocycles. The van der Waals surface area contributed by atoms with E-state index in [4.69, 9.17) is 5.73 Å². The third-order valence-corrected chi connectivity index (χ3v) is 1.66. The molecular weight excluding hydrogens is 152 g/mol. The van der Waals surface area contributed by atoms with Crippen LogP contribution in [0.15, 0.2) is 12.4 Å². The Morgan fingerprint density at radius 1 is 1.67 bits per heavy atom. The van der Waals surface area contributed by atoms with Crippen molar-refractivity contribution in [2.24, 2.45) is 5.73 Å². The zero-order chi connectivity index (χ0) is 8.81.